The van der Waals surface area contributed by atoms with Crippen LogP contribution in [-0.2, 0) is 21.2 Å². The van der Waals surface area contributed by atoms with Crippen molar-refractivity contribution in [1.29, 1.82) is 0 Å². The van der Waals surface area contributed by atoms with Gasteiger partial charge in [-0.3, -0.25) is 4.79 Å². The summed E-state index contributed by atoms with van der Waals surface area (Å²) < 4.78 is 23.0. The Kier molecular flexibility index (Phi) is 4.02. The first-order valence-corrected chi connectivity index (χ1v) is 9.39. The molecule has 1 heterocycles. The SMILES string of the molecule is O=C(CC1CCS(=O)(=O)C1)N(Cc1ccccc1)C1CC1. The molecule has 1 aromatic rings. The normalized spacial score (nSPS) is 23.9. The highest BCUT2D eigenvalue weighted by Crippen LogP contribution is 2.31. The van der Waals surface area contributed by atoms with Gasteiger partial charge in [-0.05, 0) is 30.7 Å². The Morgan fingerprint density at radius 2 is 1.86 bits per heavy atom. The predicted octanol–water partition coefficient (Wildman–Crippen LogP) is 2.00. The first kappa shape index (κ1) is 14.6. The van der Waals surface area contributed by atoms with Gasteiger partial charge in [0.05, 0.1) is 11.5 Å². The van der Waals surface area contributed by atoms with Crippen molar-refractivity contribution < 1.29 is 13.2 Å². The van der Waals surface area contributed by atoms with Crippen LogP contribution in [-0.4, -0.2) is 36.8 Å². The van der Waals surface area contributed by atoms with Gasteiger partial charge in [0.1, 0.15) is 0 Å². The molecule has 0 radical (unpaired) electrons. The topological polar surface area (TPSA) is 54.5 Å². The molecule has 114 valence electrons. The second kappa shape index (κ2) is 5.79. The largest absolute Gasteiger partial charge is 0.335 e. The zero-order valence-corrected chi connectivity index (χ0v) is 12.9. The van der Waals surface area contributed by atoms with Crippen LogP contribution in [0.4, 0.5) is 0 Å². The summed E-state index contributed by atoms with van der Waals surface area (Å²) in [6.07, 6.45) is 3.16. The van der Waals surface area contributed by atoms with Crippen LogP contribution in [0.3, 0.4) is 0 Å². The molecule has 21 heavy (non-hydrogen) atoms. The quantitative estimate of drug-likeness (QED) is 0.836. The van der Waals surface area contributed by atoms with E-state index in [2.05, 4.69) is 0 Å². The summed E-state index contributed by atoms with van der Waals surface area (Å²) >= 11 is 0. The zero-order chi connectivity index (χ0) is 14.9. The first-order valence-electron chi connectivity index (χ1n) is 7.57. The monoisotopic (exact) mass is 307 g/mol. The second-order valence-electron chi connectivity index (χ2n) is 6.21. The number of hydrogen-bond acceptors (Lipinski definition) is 3. The van der Waals surface area contributed by atoms with Gasteiger partial charge in [0.2, 0.25) is 5.91 Å². The fraction of sp³-hybridized carbons (Fsp3) is 0.562. The lowest BCUT2D eigenvalue weighted by molar-refractivity contribution is -0.133. The second-order valence-corrected chi connectivity index (χ2v) is 8.44. The molecule has 2 aliphatic rings. The first-order chi connectivity index (χ1) is 10.0. The summed E-state index contributed by atoms with van der Waals surface area (Å²) in [7, 11) is -2.90. The third-order valence-corrected chi connectivity index (χ3v) is 6.13. The van der Waals surface area contributed by atoms with Crippen LogP contribution in [0.15, 0.2) is 30.3 Å². The minimum atomic E-state index is -2.90. The standard InChI is InChI=1S/C16H21NO3S/c18-16(10-14-8-9-21(19,20)12-14)17(15-6-7-15)11-13-4-2-1-3-5-13/h1-5,14-15H,6-12H2. The molecule has 0 bridgehead atoms. The van der Waals surface area contributed by atoms with E-state index in [-0.39, 0.29) is 23.3 Å². The van der Waals surface area contributed by atoms with Crippen LogP contribution >= 0.6 is 0 Å². The highest BCUT2D eigenvalue weighted by atomic mass is 32.2. The lowest BCUT2D eigenvalue weighted by Gasteiger charge is -2.24. The third-order valence-electron chi connectivity index (χ3n) is 4.29. The maximum Gasteiger partial charge on any atom is 0.223 e. The van der Waals surface area contributed by atoms with Gasteiger partial charge < -0.3 is 4.90 Å². The van der Waals surface area contributed by atoms with E-state index in [9.17, 15) is 13.2 Å². The van der Waals surface area contributed by atoms with E-state index in [1.165, 1.54) is 0 Å². The van der Waals surface area contributed by atoms with Gasteiger partial charge in [0.25, 0.3) is 0 Å². The summed E-state index contributed by atoms with van der Waals surface area (Å²) in [6, 6.07) is 10.3. The minimum absolute atomic E-state index is 0.0134. The van der Waals surface area contributed by atoms with E-state index < -0.39 is 9.84 Å². The summed E-state index contributed by atoms with van der Waals surface area (Å²) in [5.41, 5.74) is 1.14. The smallest absolute Gasteiger partial charge is 0.223 e. The fourth-order valence-electron chi connectivity index (χ4n) is 2.98. The van der Waals surface area contributed by atoms with Gasteiger partial charge >= 0.3 is 0 Å². The van der Waals surface area contributed by atoms with Crippen molar-refractivity contribution in [3.8, 4) is 0 Å². The number of rotatable bonds is 5. The molecule has 2 fully saturated rings. The number of benzene rings is 1. The number of carbonyl (C=O) groups is 1. The predicted molar refractivity (Wildman–Crippen MR) is 81.4 cm³/mol. The molecule has 1 amide bonds. The molecule has 1 aliphatic carbocycles. The van der Waals surface area contributed by atoms with Crippen molar-refractivity contribution in [3.63, 3.8) is 0 Å². The zero-order valence-electron chi connectivity index (χ0n) is 12.1. The van der Waals surface area contributed by atoms with Crippen LogP contribution in [0.1, 0.15) is 31.2 Å². The Bertz CT molecular complexity index is 608. The average Bonchev–Trinajstić information content (AvgIpc) is 3.22. The fourth-order valence-corrected chi connectivity index (χ4v) is 4.85. The van der Waals surface area contributed by atoms with E-state index >= 15 is 0 Å². The van der Waals surface area contributed by atoms with Crippen LogP contribution in [0.5, 0.6) is 0 Å². The lowest BCUT2D eigenvalue weighted by Crippen LogP contribution is -2.34. The number of hydrogen-bond donors (Lipinski definition) is 0. The number of nitrogens with zero attached hydrogens (tertiary/aromatic N) is 1. The van der Waals surface area contributed by atoms with Gasteiger partial charge in [-0.1, -0.05) is 30.3 Å². The maximum absolute atomic E-state index is 12.5. The van der Waals surface area contributed by atoms with Gasteiger partial charge in [0, 0.05) is 19.0 Å². The number of carbonyl (C=O) groups excluding carboxylic acids is 1. The molecule has 1 saturated heterocycles. The van der Waals surface area contributed by atoms with E-state index in [4.69, 9.17) is 0 Å². The van der Waals surface area contributed by atoms with Crippen molar-refractivity contribution in [3.05, 3.63) is 35.9 Å². The van der Waals surface area contributed by atoms with Crippen LogP contribution in [0.25, 0.3) is 0 Å². The molecular formula is C16H21NO3S. The minimum Gasteiger partial charge on any atom is -0.335 e. The van der Waals surface area contributed by atoms with E-state index in [1.807, 2.05) is 35.2 Å². The van der Waals surface area contributed by atoms with Gasteiger partial charge in [-0.2, -0.15) is 0 Å². The van der Waals surface area contributed by atoms with Gasteiger partial charge in [0.15, 0.2) is 9.84 Å². The van der Waals surface area contributed by atoms with Crippen LogP contribution in [0.2, 0.25) is 0 Å². The van der Waals surface area contributed by atoms with Gasteiger partial charge in [-0.15, -0.1) is 0 Å². The third kappa shape index (κ3) is 3.84. The van der Waals surface area contributed by atoms with Crippen molar-refractivity contribution in [2.24, 2.45) is 5.92 Å². The Hall–Kier alpha value is -1.36. The lowest BCUT2D eigenvalue weighted by atomic mass is 10.0. The molecule has 1 aliphatic heterocycles. The molecule has 0 spiro atoms. The van der Waals surface area contributed by atoms with Crippen LogP contribution < -0.4 is 0 Å². The highest BCUT2D eigenvalue weighted by molar-refractivity contribution is 7.91. The Morgan fingerprint density at radius 3 is 2.43 bits per heavy atom. The van der Waals surface area contributed by atoms with E-state index in [1.54, 1.807) is 0 Å². The molecule has 0 N–H and O–H groups in total. The Labute approximate surface area is 126 Å². The van der Waals surface area contributed by atoms with Crippen LogP contribution in [0, 0.1) is 5.92 Å². The van der Waals surface area contributed by atoms with Crippen molar-refractivity contribution in [2.45, 2.75) is 38.3 Å². The molecule has 3 rings (SSSR count). The summed E-state index contributed by atoms with van der Waals surface area (Å²) in [4.78, 5) is 14.5. The Balaban J connectivity index is 1.63. The van der Waals surface area contributed by atoms with Crippen molar-refractivity contribution >= 4 is 15.7 Å². The molecule has 1 unspecified atom stereocenters. The molecular weight excluding hydrogens is 286 g/mol. The molecule has 0 aromatic heterocycles. The average molecular weight is 307 g/mol. The molecule has 1 saturated carbocycles. The molecule has 5 heteroatoms. The molecule has 1 atom stereocenters. The van der Waals surface area contributed by atoms with Gasteiger partial charge in [-0.25, -0.2) is 8.42 Å². The molecule has 1 aromatic carbocycles. The number of sulfone groups is 1. The van der Waals surface area contributed by atoms with Crippen molar-refractivity contribution in [2.75, 3.05) is 11.5 Å². The summed E-state index contributed by atoms with van der Waals surface area (Å²) in [5, 5.41) is 0. The Morgan fingerprint density at radius 1 is 1.14 bits per heavy atom. The van der Waals surface area contributed by atoms with E-state index in [0.717, 1.165) is 18.4 Å². The van der Waals surface area contributed by atoms with Crippen molar-refractivity contribution in [1.82, 2.24) is 4.90 Å². The summed E-state index contributed by atoms with van der Waals surface area (Å²) in [6.45, 7) is 0.643. The maximum atomic E-state index is 12.5. The molecule has 4 nitrogen and oxygen atoms in total. The summed E-state index contributed by atoms with van der Waals surface area (Å²) in [5.74, 6) is 0.554. The highest BCUT2D eigenvalue weighted by Gasteiger charge is 2.35. The van der Waals surface area contributed by atoms with E-state index in [0.29, 0.717) is 25.4 Å². The number of amides is 1.